The van der Waals surface area contributed by atoms with Crippen molar-refractivity contribution in [3.63, 3.8) is 0 Å². The number of anilines is 1. The van der Waals surface area contributed by atoms with E-state index < -0.39 is 0 Å². The summed E-state index contributed by atoms with van der Waals surface area (Å²) >= 11 is 0. The first kappa shape index (κ1) is 16.7. The van der Waals surface area contributed by atoms with Gasteiger partial charge in [0.1, 0.15) is 0 Å². The zero-order valence-electron chi connectivity index (χ0n) is 14.0. The van der Waals surface area contributed by atoms with E-state index in [9.17, 15) is 9.59 Å². The van der Waals surface area contributed by atoms with Crippen LogP contribution in [-0.4, -0.2) is 10.9 Å². The van der Waals surface area contributed by atoms with E-state index >= 15 is 0 Å². The number of pyridine rings is 1. The van der Waals surface area contributed by atoms with Gasteiger partial charge in [-0.05, 0) is 23.6 Å². The molecule has 1 aromatic heterocycles. The lowest BCUT2D eigenvalue weighted by atomic mass is 9.88. The van der Waals surface area contributed by atoms with Gasteiger partial charge in [0.2, 0.25) is 11.5 Å². The summed E-state index contributed by atoms with van der Waals surface area (Å²) in [6.07, 6.45) is 1.86. The van der Waals surface area contributed by atoms with Crippen molar-refractivity contribution in [1.29, 1.82) is 0 Å². The van der Waals surface area contributed by atoms with Crippen LogP contribution in [0.2, 0.25) is 0 Å². The molecule has 3 aromatic rings. The summed E-state index contributed by atoms with van der Waals surface area (Å²) in [6, 6.07) is 21.5. The van der Waals surface area contributed by atoms with Crippen LogP contribution in [0.15, 0.2) is 77.7 Å². The average molecular weight is 332 g/mol. The maximum absolute atomic E-state index is 12.6. The molecule has 0 spiro atoms. The zero-order chi connectivity index (χ0) is 17.6. The summed E-state index contributed by atoms with van der Waals surface area (Å²) in [4.78, 5) is 26.5. The molecular weight excluding hydrogens is 312 g/mol. The zero-order valence-corrected chi connectivity index (χ0v) is 14.0. The second-order valence-electron chi connectivity index (χ2n) is 6.02. The molecule has 2 aromatic carbocycles. The van der Waals surface area contributed by atoms with E-state index in [1.165, 1.54) is 12.3 Å². The molecular formula is C21H20N2O2. The molecule has 0 saturated heterocycles. The lowest BCUT2D eigenvalue weighted by Gasteiger charge is -2.18. The number of aromatic amines is 1. The van der Waals surface area contributed by atoms with E-state index in [1.807, 2.05) is 60.7 Å². The molecule has 126 valence electrons. The van der Waals surface area contributed by atoms with Crippen LogP contribution in [0.1, 0.15) is 29.0 Å². The molecule has 0 unspecified atom stereocenters. The first-order valence-electron chi connectivity index (χ1n) is 8.22. The van der Waals surface area contributed by atoms with Crippen molar-refractivity contribution in [2.45, 2.75) is 19.3 Å². The normalized spacial score (nSPS) is 10.6. The van der Waals surface area contributed by atoms with Gasteiger partial charge < -0.3 is 10.3 Å². The van der Waals surface area contributed by atoms with Gasteiger partial charge in [0.15, 0.2) is 0 Å². The molecule has 1 amide bonds. The van der Waals surface area contributed by atoms with Crippen molar-refractivity contribution in [1.82, 2.24) is 4.98 Å². The van der Waals surface area contributed by atoms with E-state index in [0.717, 1.165) is 16.7 Å². The fourth-order valence-corrected chi connectivity index (χ4v) is 2.89. The Morgan fingerprint density at radius 2 is 1.56 bits per heavy atom. The number of carbonyl (C=O) groups excluding carboxylic acids is 1. The third kappa shape index (κ3) is 4.23. The number of aryl methyl sites for hydroxylation is 1. The van der Waals surface area contributed by atoms with Crippen molar-refractivity contribution >= 4 is 11.6 Å². The molecule has 0 fully saturated rings. The molecule has 0 bridgehead atoms. The molecule has 4 nitrogen and oxygen atoms in total. The van der Waals surface area contributed by atoms with Gasteiger partial charge in [-0.3, -0.25) is 9.59 Å². The molecule has 0 atom stereocenters. The quantitative estimate of drug-likeness (QED) is 0.745. The van der Waals surface area contributed by atoms with Gasteiger partial charge in [-0.25, -0.2) is 0 Å². The molecule has 0 aliphatic carbocycles. The van der Waals surface area contributed by atoms with Crippen molar-refractivity contribution in [2.24, 2.45) is 0 Å². The highest BCUT2D eigenvalue weighted by atomic mass is 16.1. The van der Waals surface area contributed by atoms with Crippen LogP contribution in [0.3, 0.4) is 0 Å². The van der Waals surface area contributed by atoms with Gasteiger partial charge in [-0.2, -0.15) is 0 Å². The van der Waals surface area contributed by atoms with Crippen LogP contribution in [-0.2, 0) is 4.79 Å². The topological polar surface area (TPSA) is 62.0 Å². The van der Waals surface area contributed by atoms with Gasteiger partial charge in [0, 0.05) is 24.6 Å². The summed E-state index contributed by atoms with van der Waals surface area (Å²) in [6.45, 7) is 1.80. The number of rotatable bonds is 5. The molecule has 0 aliphatic heterocycles. The van der Waals surface area contributed by atoms with Gasteiger partial charge in [-0.1, -0.05) is 60.7 Å². The number of benzene rings is 2. The van der Waals surface area contributed by atoms with Gasteiger partial charge in [0.05, 0.1) is 5.69 Å². The molecule has 3 rings (SSSR count). The van der Waals surface area contributed by atoms with E-state index in [2.05, 4.69) is 10.3 Å². The first-order chi connectivity index (χ1) is 12.1. The van der Waals surface area contributed by atoms with Crippen LogP contribution in [0.5, 0.6) is 0 Å². The molecule has 25 heavy (non-hydrogen) atoms. The Morgan fingerprint density at radius 3 is 2.08 bits per heavy atom. The fourth-order valence-electron chi connectivity index (χ4n) is 2.89. The van der Waals surface area contributed by atoms with Crippen molar-refractivity contribution in [2.75, 3.05) is 5.32 Å². The number of amides is 1. The van der Waals surface area contributed by atoms with Crippen molar-refractivity contribution in [3.05, 3.63) is 100.0 Å². The predicted octanol–water partition coefficient (Wildman–Crippen LogP) is 3.84. The summed E-state index contributed by atoms with van der Waals surface area (Å²) < 4.78 is 0. The standard InChI is InChI=1S/C21H20N2O2/c1-15-12-20(24)22-14-19(15)23-21(25)13-18(16-8-4-2-5-9-16)17-10-6-3-7-11-17/h2-12,14,18H,13H2,1H3,(H,22,24)(H,23,25). The first-order valence-corrected chi connectivity index (χ1v) is 8.22. The highest BCUT2D eigenvalue weighted by Crippen LogP contribution is 2.28. The monoisotopic (exact) mass is 332 g/mol. The highest BCUT2D eigenvalue weighted by molar-refractivity contribution is 5.92. The van der Waals surface area contributed by atoms with Crippen LogP contribution in [0, 0.1) is 6.92 Å². The lowest BCUT2D eigenvalue weighted by Crippen LogP contribution is -2.18. The minimum atomic E-state index is -0.179. The number of nitrogens with one attached hydrogen (secondary N) is 2. The molecule has 1 heterocycles. The van der Waals surface area contributed by atoms with E-state index in [4.69, 9.17) is 0 Å². The number of hydrogen-bond donors (Lipinski definition) is 2. The van der Waals surface area contributed by atoms with Crippen LogP contribution < -0.4 is 10.9 Å². The van der Waals surface area contributed by atoms with Gasteiger partial charge in [0.25, 0.3) is 0 Å². The van der Waals surface area contributed by atoms with Crippen LogP contribution in [0.25, 0.3) is 0 Å². The molecule has 4 heteroatoms. The lowest BCUT2D eigenvalue weighted by molar-refractivity contribution is -0.116. The van der Waals surface area contributed by atoms with Crippen molar-refractivity contribution in [3.8, 4) is 0 Å². The number of carbonyl (C=O) groups is 1. The van der Waals surface area contributed by atoms with Gasteiger partial charge in [-0.15, -0.1) is 0 Å². The Labute approximate surface area is 146 Å². The smallest absolute Gasteiger partial charge is 0.248 e. The Morgan fingerprint density at radius 1 is 1.00 bits per heavy atom. The SMILES string of the molecule is Cc1cc(=O)[nH]cc1NC(=O)CC(c1ccccc1)c1ccccc1. The third-order valence-electron chi connectivity index (χ3n) is 4.20. The predicted molar refractivity (Wildman–Crippen MR) is 99.8 cm³/mol. The summed E-state index contributed by atoms with van der Waals surface area (Å²) in [7, 11) is 0. The number of aromatic nitrogens is 1. The highest BCUT2D eigenvalue weighted by Gasteiger charge is 2.18. The Bertz CT molecular complexity index is 862. The maximum Gasteiger partial charge on any atom is 0.248 e. The Kier molecular flexibility index (Phi) is 5.09. The number of hydrogen-bond acceptors (Lipinski definition) is 2. The molecule has 2 N–H and O–H groups in total. The van der Waals surface area contributed by atoms with Crippen LogP contribution in [0.4, 0.5) is 5.69 Å². The van der Waals surface area contributed by atoms with Crippen molar-refractivity contribution < 1.29 is 4.79 Å². The molecule has 0 radical (unpaired) electrons. The number of H-pyrrole nitrogens is 1. The molecule has 0 saturated carbocycles. The third-order valence-corrected chi connectivity index (χ3v) is 4.20. The average Bonchev–Trinajstić information content (AvgIpc) is 2.63. The summed E-state index contributed by atoms with van der Waals surface area (Å²) in [5, 5.41) is 2.90. The fraction of sp³-hybridized carbons (Fsp3) is 0.143. The Hall–Kier alpha value is -3.14. The second kappa shape index (κ2) is 7.62. The van der Waals surface area contributed by atoms with E-state index in [0.29, 0.717) is 12.1 Å². The maximum atomic E-state index is 12.6. The van der Waals surface area contributed by atoms with Crippen LogP contribution >= 0.6 is 0 Å². The minimum Gasteiger partial charge on any atom is -0.327 e. The summed E-state index contributed by atoms with van der Waals surface area (Å²) in [5.74, 6) is -0.113. The molecule has 0 aliphatic rings. The second-order valence-corrected chi connectivity index (χ2v) is 6.02. The van der Waals surface area contributed by atoms with E-state index in [-0.39, 0.29) is 17.4 Å². The minimum absolute atomic E-state index is 0.0227. The van der Waals surface area contributed by atoms with Gasteiger partial charge >= 0.3 is 0 Å². The van der Waals surface area contributed by atoms with E-state index in [1.54, 1.807) is 6.92 Å². The summed E-state index contributed by atoms with van der Waals surface area (Å²) in [5.41, 5.74) is 3.39. The Balaban J connectivity index is 1.83. The largest absolute Gasteiger partial charge is 0.327 e.